The van der Waals surface area contributed by atoms with Crippen molar-refractivity contribution in [1.29, 1.82) is 0 Å². The molecular weight excluding hydrogens is 278 g/mol. The molecule has 0 aromatic carbocycles. The molecule has 0 aliphatic heterocycles. The van der Waals surface area contributed by atoms with Crippen molar-refractivity contribution in [2.75, 3.05) is 19.8 Å². The molecule has 1 fully saturated rings. The average Bonchev–Trinajstić information content (AvgIpc) is 3.11. The summed E-state index contributed by atoms with van der Waals surface area (Å²) in [6.07, 6.45) is 4.95. The van der Waals surface area contributed by atoms with E-state index in [-0.39, 0.29) is 5.91 Å². The van der Waals surface area contributed by atoms with Crippen LogP contribution in [0, 0.1) is 5.92 Å². The standard InChI is InChI=1S/C14H17NO4S/c16-12(17)4-3-11-5-8-20-13(11)14(18)15-6-7-19-9-10-1-2-10/h3-5,8,10H,1-2,6-7,9H2,(H,15,18)(H,16,17)/b4-3+. The number of hydrogen-bond acceptors (Lipinski definition) is 4. The third-order valence-corrected chi connectivity index (χ3v) is 3.82. The van der Waals surface area contributed by atoms with Gasteiger partial charge in [-0.2, -0.15) is 0 Å². The van der Waals surface area contributed by atoms with Gasteiger partial charge in [-0.15, -0.1) is 11.3 Å². The highest BCUT2D eigenvalue weighted by Gasteiger charge is 2.20. The minimum absolute atomic E-state index is 0.194. The van der Waals surface area contributed by atoms with Gasteiger partial charge in [0.25, 0.3) is 5.91 Å². The Morgan fingerprint density at radius 2 is 2.30 bits per heavy atom. The molecule has 5 nitrogen and oxygen atoms in total. The molecule has 0 radical (unpaired) electrons. The van der Waals surface area contributed by atoms with Crippen LogP contribution in [0.5, 0.6) is 0 Å². The van der Waals surface area contributed by atoms with Gasteiger partial charge in [0.15, 0.2) is 0 Å². The fourth-order valence-corrected chi connectivity index (χ4v) is 2.45. The van der Waals surface area contributed by atoms with Crippen molar-refractivity contribution in [2.45, 2.75) is 12.8 Å². The maximum absolute atomic E-state index is 11.9. The molecule has 1 saturated carbocycles. The van der Waals surface area contributed by atoms with E-state index in [1.54, 1.807) is 11.4 Å². The zero-order chi connectivity index (χ0) is 14.4. The number of thiophene rings is 1. The van der Waals surface area contributed by atoms with E-state index in [2.05, 4.69) is 5.32 Å². The zero-order valence-electron chi connectivity index (χ0n) is 11.0. The Hall–Kier alpha value is -1.66. The van der Waals surface area contributed by atoms with Gasteiger partial charge in [-0.3, -0.25) is 4.79 Å². The molecule has 1 aromatic rings. The third-order valence-electron chi connectivity index (χ3n) is 2.89. The average molecular weight is 295 g/mol. The van der Waals surface area contributed by atoms with Crippen molar-refractivity contribution >= 4 is 29.3 Å². The smallest absolute Gasteiger partial charge is 0.328 e. The molecule has 0 atom stereocenters. The summed E-state index contributed by atoms with van der Waals surface area (Å²) in [5.41, 5.74) is 0.619. The highest BCUT2D eigenvalue weighted by atomic mass is 32.1. The van der Waals surface area contributed by atoms with Gasteiger partial charge in [0.1, 0.15) is 0 Å². The van der Waals surface area contributed by atoms with Gasteiger partial charge in [-0.25, -0.2) is 4.79 Å². The molecule has 1 heterocycles. The van der Waals surface area contributed by atoms with E-state index in [0.717, 1.165) is 18.6 Å². The van der Waals surface area contributed by atoms with Gasteiger partial charge in [0.05, 0.1) is 11.5 Å². The zero-order valence-corrected chi connectivity index (χ0v) is 11.8. The van der Waals surface area contributed by atoms with Crippen molar-refractivity contribution in [3.8, 4) is 0 Å². The van der Waals surface area contributed by atoms with Crippen LogP contribution in [0.1, 0.15) is 28.1 Å². The maximum atomic E-state index is 11.9. The fourth-order valence-electron chi connectivity index (χ4n) is 1.65. The number of rotatable bonds is 8. The van der Waals surface area contributed by atoms with Gasteiger partial charge in [0.2, 0.25) is 0 Å². The fraction of sp³-hybridized carbons (Fsp3) is 0.429. The summed E-state index contributed by atoms with van der Waals surface area (Å²) in [6, 6.07) is 1.72. The number of aliphatic carboxylic acids is 1. The molecule has 1 amide bonds. The first-order valence-electron chi connectivity index (χ1n) is 6.51. The minimum Gasteiger partial charge on any atom is -0.478 e. The van der Waals surface area contributed by atoms with Crippen LogP contribution in [0.3, 0.4) is 0 Å². The highest BCUT2D eigenvalue weighted by molar-refractivity contribution is 7.12. The maximum Gasteiger partial charge on any atom is 0.328 e. The Morgan fingerprint density at radius 3 is 3.00 bits per heavy atom. The van der Waals surface area contributed by atoms with Crippen molar-refractivity contribution in [3.05, 3.63) is 28.0 Å². The Bertz CT molecular complexity index is 505. The van der Waals surface area contributed by atoms with Gasteiger partial charge < -0.3 is 15.2 Å². The van der Waals surface area contributed by atoms with Crippen molar-refractivity contribution in [3.63, 3.8) is 0 Å². The second-order valence-corrected chi connectivity index (χ2v) is 5.57. The molecular formula is C14H17NO4S. The Labute approximate surface area is 121 Å². The third kappa shape index (κ3) is 4.79. The van der Waals surface area contributed by atoms with Crippen LogP contribution in [0.25, 0.3) is 6.08 Å². The molecule has 20 heavy (non-hydrogen) atoms. The number of carboxylic acids is 1. The predicted octanol–water partition coefficient (Wildman–Crippen LogP) is 2.00. The molecule has 0 bridgehead atoms. The van der Waals surface area contributed by atoms with Crippen molar-refractivity contribution < 1.29 is 19.4 Å². The first-order valence-corrected chi connectivity index (χ1v) is 7.39. The van der Waals surface area contributed by atoms with E-state index < -0.39 is 5.97 Å². The van der Waals surface area contributed by atoms with E-state index in [0.29, 0.717) is 23.6 Å². The second kappa shape index (κ2) is 7.21. The summed E-state index contributed by atoms with van der Waals surface area (Å²) < 4.78 is 5.43. The summed E-state index contributed by atoms with van der Waals surface area (Å²) in [4.78, 5) is 22.9. The minimum atomic E-state index is -1.03. The predicted molar refractivity (Wildman–Crippen MR) is 76.9 cm³/mol. The van der Waals surface area contributed by atoms with Crippen LogP contribution >= 0.6 is 11.3 Å². The molecule has 1 aromatic heterocycles. The van der Waals surface area contributed by atoms with E-state index in [4.69, 9.17) is 9.84 Å². The Balaban J connectivity index is 1.76. The summed E-state index contributed by atoms with van der Waals surface area (Å²) in [5, 5.41) is 13.1. The topological polar surface area (TPSA) is 75.6 Å². The summed E-state index contributed by atoms with van der Waals surface area (Å²) >= 11 is 1.29. The lowest BCUT2D eigenvalue weighted by atomic mass is 10.2. The molecule has 1 aliphatic rings. The summed E-state index contributed by atoms with van der Waals surface area (Å²) in [5.74, 6) is -0.508. The number of hydrogen-bond donors (Lipinski definition) is 2. The molecule has 2 rings (SSSR count). The number of amides is 1. The SMILES string of the molecule is O=C(O)/C=C/c1ccsc1C(=O)NCCOCC1CC1. The van der Waals surface area contributed by atoms with E-state index in [1.807, 2.05) is 0 Å². The first kappa shape index (κ1) is 14.7. The Morgan fingerprint density at radius 1 is 1.50 bits per heavy atom. The second-order valence-electron chi connectivity index (χ2n) is 4.65. The van der Waals surface area contributed by atoms with Gasteiger partial charge in [-0.05, 0) is 41.8 Å². The van der Waals surface area contributed by atoms with Crippen LogP contribution in [-0.2, 0) is 9.53 Å². The number of carbonyl (C=O) groups excluding carboxylic acids is 1. The van der Waals surface area contributed by atoms with Gasteiger partial charge in [-0.1, -0.05) is 0 Å². The van der Waals surface area contributed by atoms with Crippen LogP contribution in [-0.4, -0.2) is 36.7 Å². The van der Waals surface area contributed by atoms with E-state index >= 15 is 0 Å². The molecule has 108 valence electrons. The highest BCUT2D eigenvalue weighted by Crippen LogP contribution is 2.28. The molecule has 0 saturated heterocycles. The van der Waals surface area contributed by atoms with Crippen LogP contribution < -0.4 is 5.32 Å². The van der Waals surface area contributed by atoms with E-state index in [1.165, 1.54) is 30.3 Å². The number of carboxylic acid groups (broad SMARTS) is 1. The first-order chi connectivity index (χ1) is 9.66. The van der Waals surface area contributed by atoms with E-state index in [9.17, 15) is 9.59 Å². The van der Waals surface area contributed by atoms with Crippen molar-refractivity contribution in [1.82, 2.24) is 5.32 Å². The molecule has 6 heteroatoms. The van der Waals surface area contributed by atoms with Gasteiger partial charge >= 0.3 is 5.97 Å². The molecule has 0 unspecified atom stereocenters. The van der Waals surface area contributed by atoms with Gasteiger partial charge in [0, 0.05) is 19.2 Å². The lowest BCUT2D eigenvalue weighted by Gasteiger charge is -2.05. The van der Waals surface area contributed by atoms with Crippen LogP contribution in [0.4, 0.5) is 0 Å². The molecule has 1 aliphatic carbocycles. The van der Waals surface area contributed by atoms with Crippen LogP contribution in [0.2, 0.25) is 0 Å². The summed E-state index contributed by atoms with van der Waals surface area (Å²) in [7, 11) is 0. The number of ether oxygens (including phenoxy) is 1. The van der Waals surface area contributed by atoms with Crippen LogP contribution in [0.15, 0.2) is 17.5 Å². The normalized spacial score (nSPS) is 14.6. The van der Waals surface area contributed by atoms with Crippen molar-refractivity contribution in [2.24, 2.45) is 5.92 Å². The molecule has 0 spiro atoms. The summed E-state index contributed by atoms with van der Waals surface area (Å²) in [6.45, 7) is 1.75. The quantitative estimate of drug-likeness (QED) is 0.568. The lowest BCUT2D eigenvalue weighted by molar-refractivity contribution is -0.131. The molecule has 2 N–H and O–H groups in total. The number of nitrogens with one attached hydrogen (secondary N) is 1. The number of carbonyl (C=O) groups is 2. The lowest BCUT2D eigenvalue weighted by Crippen LogP contribution is -2.27. The monoisotopic (exact) mass is 295 g/mol. The Kier molecular flexibility index (Phi) is 5.31. The largest absolute Gasteiger partial charge is 0.478 e.